The Hall–Kier alpha value is -2.23. The van der Waals surface area contributed by atoms with E-state index in [0.717, 1.165) is 11.1 Å². The Balaban J connectivity index is 2.10. The van der Waals surface area contributed by atoms with Gasteiger partial charge in [-0.25, -0.2) is 4.39 Å². The minimum atomic E-state index is -0.361. The van der Waals surface area contributed by atoms with Gasteiger partial charge in [0.25, 0.3) is 0 Å². The smallest absolute Gasteiger partial charge is 0.161 e. The van der Waals surface area contributed by atoms with Gasteiger partial charge in [0.05, 0.1) is 0 Å². The number of hydrogen-bond donors (Lipinski definition) is 2. The van der Waals surface area contributed by atoms with E-state index >= 15 is 0 Å². The van der Waals surface area contributed by atoms with Crippen LogP contribution in [0.1, 0.15) is 11.1 Å². The van der Waals surface area contributed by atoms with Crippen molar-refractivity contribution < 1.29 is 19.3 Å². The molecule has 2 aromatic carbocycles. The van der Waals surface area contributed by atoms with Crippen molar-refractivity contribution in [3.8, 4) is 23.0 Å². The molecule has 18 heavy (non-hydrogen) atoms. The third-order valence-corrected chi connectivity index (χ3v) is 3.07. The van der Waals surface area contributed by atoms with E-state index in [-0.39, 0.29) is 17.3 Å². The van der Waals surface area contributed by atoms with Crippen molar-refractivity contribution in [2.75, 3.05) is 0 Å². The van der Waals surface area contributed by atoms with Gasteiger partial charge >= 0.3 is 0 Å². The molecule has 0 radical (unpaired) electrons. The fourth-order valence-electron chi connectivity index (χ4n) is 2.11. The molecule has 1 heterocycles. The van der Waals surface area contributed by atoms with E-state index < -0.39 is 0 Å². The lowest BCUT2D eigenvalue weighted by Crippen LogP contribution is -1.89. The summed E-state index contributed by atoms with van der Waals surface area (Å²) in [7, 11) is 0. The number of phenolic OH excluding ortho intramolecular Hbond substituents is 2. The van der Waals surface area contributed by atoms with E-state index in [0.29, 0.717) is 24.3 Å². The Bertz CT molecular complexity index is 623. The van der Waals surface area contributed by atoms with Crippen molar-refractivity contribution >= 4 is 0 Å². The van der Waals surface area contributed by atoms with Gasteiger partial charge in [0.1, 0.15) is 17.3 Å². The molecule has 0 aromatic heterocycles. The largest absolute Gasteiger partial charge is 0.504 e. The fraction of sp³-hybridized carbons (Fsp3) is 0.143. The number of phenols is 2. The molecule has 0 aliphatic carbocycles. The molecular weight excluding hydrogens is 235 g/mol. The highest BCUT2D eigenvalue weighted by Gasteiger charge is 2.17. The van der Waals surface area contributed by atoms with E-state index in [9.17, 15) is 14.6 Å². The second kappa shape index (κ2) is 3.91. The molecule has 92 valence electrons. The molecule has 1 aliphatic rings. The first-order valence-corrected chi connectivity index (χ1v) is 5.64. The van der Waals surface area contributed by atoms with Crippen LogP contribution in [0.4, 0.5) is 4.39 Å². The highest BCUT2D eigenvalue weighted by Crippen LogP contribution is 2.39. The first kappa shape index (κ1) is 10.9. The van der Waals surface area contributed by atoms with Crippen LogP contribution >= 0.6 is 0 Å². The Morgan fingerprint density at radius 2 is 1.56 bits per heavy atom. The van der Waals surface area contributed by atoms with Gasteiger partial charge in [-0.1, -0.05) is 6.07 Å². The first-order valence-electron chi connectivity index (χ1n) is 5.64. The van der Waals surface area contributed by atoms with Crippen LogP contribution < -0.4 is 4.74 Å². The van der Waals surface area contributed by atoms with Crippen LogP contribution in [0.5, 0.6) is 23.0 Å². The van der Waals surface area contributed by atoms with Gasteiger partial charge < -0.3 is 14.9 Å². The average molecular weight is 246 g/mol. The predicted octanol–water partition coefficient (Wildman–Crippen LogP) is 3.13. The van der Waals surface area contributed by atoms with E-state index in [1.165, 1.54) is 24.3 Å². The molecule has 2 aromatic rings. The van der Waals surface area contributed by atoms with Gasteiger partial charge in [-0.2, -0.15) is 0 Å². The first-order chi connectivity index (χ1) is 8.63. The predicted molar refractivity (Wildman–Crippen MR) is 63.7 cm³/mol. The number of fused-ring (bicyclic) bond motifs is 2. The van der Waals surface area contributed by atoms with Crippen molar-refractivity contribution in [1.29, 1.82) is 0 Å². The molecule has 0 bridgehead atoms. The van der Waals surface area contributed by atoms with Crippen molar-refractivity contribution in [1.82, 2.24) is 0 Å². The zero-order chi connectivity index (χ0) is 12.7. The third kappa shape index (κ3) is 1.76. The molecule has 0 amide bonds. The number of aryl methyl sites for hydroxylation is 2. The summed E-state index contributed by atoms with van der Waals surface area (Å²) < 4.78 is 18.8. The summed E-state index contributed by atoms with van der Waals surface area (Å²) in [5.41, 5.74) is 1.70. The number of hydrogen-bond acceptors (Lipinski definition) is 3. The summed E-state index contributed by atoms with van der Waals surface area (Å²) in [5.74, 6) is 0.136. The SMILES string of the molecule is Oc1cc2c(cc1O)Oc1cc(F)ccc1CC2. The van der Waals surface area contributed by atoms with Crippen LogP contribution in [0, 0.1) is 5.82 Å². The van der Waals surface area contributed by atoms with Crippen molar-refractivity contribution in [2.24, 2.45) is 0 Å². The lowest BCUT2D eigenvalue weighted by molar-refractivity contribution is 0.396. The molecule has 0 saturated heterocycles. The second-order valence-corrected chi connectivity index (χ2v) is 4.30. The van der Waals surface area contributed by atoms with Crippen LogP contribution in [0.2, 0.25) is 0 Å². The van der Waals surface area contributed by atoms with Crippen molar-refractivity contribution in [2.45, 2.75) is 12.8 Å². The second-order valence-electron chi connectivity index (χ2n) is 4.30. The fourth-order valence-corrected chi connectivity index (χ4v) is 2.11. The van der Waals surface area contributed by atoms with Gasteiger partial charge in [-0.05, 0) is 36.1 Å². The zero-order valence-electron chi connectivity index (χ0n) is 9.48. The zero-order valence-corrected chi connectivity index (χ0v) is 9.48. The highest BCUT2D eigenvalue weighted by molar-refractivity contribution is 5.53. The Morgan fingerprint density at radius 1 is 0.889 bits per heavy atom. The molecule has 2 N–H and O–H groups in total. The van der Waals surface area contributed by atoms with Gasteiger partial charge in [0.2, 0.25) is 0 Å². The summed E-state index contributed by atoms with van der Waals surface area (Å²) in [4.78, 5) is 0. The normalized spacial score (nSPS) is 13.2. The number of halogens is 1. The molecule has 0 saturated carbocycles. The van der Waals surface area contributed by atoms with E-state index in [2.05, 4.69) is 0 Å². The topological polar surface area (TPSA) is 49.7 Å². The summed E-state index contributed by atoms with van der Waals surface area (Å²) in [6.45, 7) is 0. The van der Waals surface area contributed by atoms with Crippen LogP contribution in [-0.2, 0) is 12.8 Å². The number of aromatic hydroxyl groups is 2. The number of rotatable bonds is 0. The summed E-state index contributed by atoms with van der Waals surface area (Å²) in [5, 5.41) is 18.9. The lowest BCUT2D eigenvalue weighted by Gasteiger charge is -2.09. The van der Waals surface area contributed by atoms with Crippen molar-refractivity contribution in [3.63, 3.8) is 0 Å². The van der Waals surface area contributed by atoms with Crippen molar-refractivity contribution in [3.05, 3.63) is 47.3 Å². The maximum absolute atomic E-state index is 13.2. The molecule has 0 spiro atoms. The van der Waals surface area contributed by atoms with Crippen LogP contribution in [0.25, 0.3) is 0 Å². The number of benzene rings is 2. The molecule has 0 atom stereocenters. The third-order valence-electron chi connectivity index (χ3n) is 3.07. The van der Waals surface area contributed by atoms with E-state index in [1.807, 2.05) is 0 Å². The Kier molecular flexibility index (Phi) is 2.37. The quantitative estimate of drug-likeness (QED) is 0.702. The Morgan fingerprint density at radius 3 is 2.39 bits per heavy atom. The van der Waals surface area contributed by atoms with Gasteiger partial charge in [-0.3, -0.25) is 0 Å². The summed E-state index contributed by atoms with van der Waals surface area (Å²) in [6, 6.07) is 7.25. The minimum absolute atomic E-state index is 0.172. The van der Waals surface area contributed by atoms with E-state index in [4.69, 9.17) is 4.74 Å². The van der Waals surface area contributed by atoms with Crippen LogP contribution in [0.3, 0.4) is 0 Å². The molecule has 3 rings (SSSR count). The lowest BCUT2D eigenvalue weighted by atomic mass is 10.0. The molecule has 0 fully saturated rings. The molecule has 3 nitrogen and oxygen atoms in total. The highest BCUT2D eigenvalue weighted by atomic mass is 19.1. The van der Waals surface area contributed by atoms with Gasteiger partial charge in [-0.15, -0.1) is 0 Å². The van der Waals surface area contributed by atoms with Gasteiger partial charge in [0, 0.05) is 12.1 Å². The Labute approximate surface area is 103 Å². The van der Waals surface area contributed by atoms with E-state index in [1.54, 1.807) is 6.07 Å². The minimum Gasteiger partial charge on any atom is -0.504 e. The molecule has 1 aliphatic heterocycles. The summed E-state index contributed by atoms with van der Waals surface area (Å²) >= 11 is 0. The van der Waals surface area contributed by atoms with Crippen LogP contribution in [-0.4, -0.2) is 10.2 Å². The molecular formula is C14H11FO3. The number of ether oxygens (including phenoxy) is 1. The average Bonchev–Trinajstić information content (AvgIpc) is 2.49. The monoisotopic (exact) mass is 246 g/mol. The standard InChI is InChI=1S/C14H11FO3/c15-10-4-3-8-1-2-9-5-11(16)12(17)7-14(9)18-13(8)6-10/h3-7,16-17H,1-2H2. The summed E-state index contributed by atoms with van der Waals surface area (Å²) in [6.07, 6.45) is 1.37. The molecule has 4 heteroatoms. The van der Waals surface area contributed by atoms with Gasteiger partial charge in [0.15, 0.2) is 11.5 Å². The maximum Gasteiger partial charge on any atom is 0.161 e. The van der Waals surface area contributed by atoms with Crippen LogP contribution in [0.15, 0.2) is 30.3 Å². The maximum atomic E-state index is 13.2. The molecule has 0 unspecified atom stereocenters.